The van der Waals surface area contributed by atoms with Crippen LogP contribution in [0.5, 0.6) is 5.75 Å². The van der Waals surface area contributed by atoms with Gasteiger partial charge in [-0.3, -0.25) is 0 Å². The molecular formula is C9H7Br3Cl2O. The molecule has 0 heterocycles. The van der Waals surface area contributed by atoms with Gasteiger partial charge < -0.3 is 4.74 Å². The summed E-state index contributed by atoms with van der Waals surface area (Å²) in [6.45, 7) is 0.490. The van der Waals surface area contributed by atoms with Crippen LogP contribution in [-0.2, 0) is 0 Å². The lowest BCUT2D eigenvalue weighted by Gasteiger charge is -2.10. The van der Waals surface area contributed by atoms with Gasteiger partial charge in [-0.05, 0) is 59.9 Å². The zero-order valence-corrected chi connectivity index (χ0v) is 13.7. The van der Waals surface area contributed by atoms with E-state index in [1.807, 2.05) is 12.1 Å². The zero-order chi connectivity index (χ0) is 11.4. The highest BCUT2D eigenvalue weighted by Gasteiger charge is 2.09. The van der Waals surface area contributed by atoms with Crippen LogP contribution in [0.4, 0.5) is 0 Å². The number of halogens is 5. The average molecular weight is 442 g/mol. The number of hydrogen-bond acceptors (Lipinski definition) is 1. The second-order valence-corrected chi connectivity index (χ2v) is 6.42. The van der Waals surface area contributed by atoms with Crippen molar-refractivity contribution in [2.24, 2.45) is 0 Å². The SMILES string of the molecule is ClC(Cl)CCOc1ccc(Br)c(Br)c1Br. The van der Waals surface area contributed by atoms with E-state index in [2.05, 4.69) is 47.8 Å². The third-order valence-electron chi connectivity index (χ3n) is 1.59. The molecule has 0 spiro atoms. The molecular weight excluding hydrogens is 435 g/mol. The quantitative estimate of drug-likeness (QED) is 0.440. The maximum atomic E-state index is 5.60. The molecule has 84 valence electrons. The van der Waals surface area contributed by atoms with Gasteiger partial charge in [0, 0.05) is 15.4 Å². The molecule has 0 amide bonds. The Morgan fingerprint density at radius 3 is 2.40 bits per heavy atom. The van der Waals surface area contributed by atoms with Crippen LogP contribution in [0.1, 0.15) is 6.42 Å². The molecule has 0 radical (unpaired) electrons. The number of ether oxygens (including phenoxy) is 1. The van der Waals surface area contributed by atoms with Crippen LogP contribution in [0.25, 0.3) is 0 Å². The molecule has 0 bridgehead atoms. The van der Waals surface area contributed by atoms with Crippen LogP contribution in [0.3, 0.4) is 0 Å². The van der Waals surface area contributed by atoms with E-state index in [9.17, 15) is 0 Å². The van der Waals surface area contributed by atoms with Gasteiger partial charge in [-0.1, -0.05) is 0 Å². The zero-order valence-electron chi connectivity index (χ0n) is 7.44. The Hall–Kier alpha value is 1.04. The maximum Gasteiger partial charge on any atom is 0.134 e. The molecule has 0 aromatic heterocycles. The van der Waals surface area contributed by atoms with E-state index in [1.54, 1.807) is 0 Å². The van der Waals surface area contributed by atoms with E-state index in [4.69, 9.17) is 27.9 Å². The second kappa shape index (κ2) is 6.70. The predicted octanol–water partition coefficient (Wildman–Crippen LogP) is 5.55. The fourth-order valence-corrected chi connectivity index (χ4v) is 2.44. The second-order valence-electron chi connectivity index (χ2n) is 2.70. The van der Waals surface area contributed by atoms with Crippen molar-refractivity contribution in [3.8, 4) is 5.75 Å². The minimum atomic E-state index is -0.386. The fraction of sp³-hybridized carbons (Fsp3) is 0.333. The molecule has 6 heteroatoms. The van der Waals surface area contributed by atoms with Crippen molar-refractivity contribution in [1.29, 1.82) is 0 Å². The van der Waals surface area contributed by atoms with E-state index >= 15 is 0 Å². The normalized spacial score (nSPS) is 10.8. The largest absolute Gasteiger partial charge is 0.492 e. The lowest BCUT2D eigenvalue weighted by molar-refractivity contribution is 0.313. The van der Waals surface area contributed by atoms with Crippen molar-refractivity contribution >= 4 is 71.0 Å². The summed E-state index contributed by atoms with van der Waals surface area (Å²) in [7, 11) is 0. The van der Waals surface area contributed by atoms with Gasteiger partial charge in [0.05, 0.1) is 11.1 Å². The standard InChI is InChI=1S/C9H7Br3Cl2O/c10-5-1-2-6(9(12)8(5)11)15-4-3-7(13)14/h1-2,7H,3-4H2. The van der Waals surface area contributed by atoms with E-state index in [0.29, 0.717) is 13.0 Å². The summed E-state index contributed by atoms with van der Waals surface area (Å²) < 4.78 is 8.28. The fourth-order valence-electron chi connectivity index (χ4n) is 0.878. The Labute approximate surface area is 124 Å². The third kappa shape index (κ3) is 4.43. The van der Waals surface area contributed by atoms with Gasteiger partial charge >= 0.3 is 0 Å². The first-order valence-electron chi connectivity index (χ1n) is 4.07. The lowest BCUT2D eigenvalue weighted by Crippen LogP contribution is -2.02. The number of alkyl halides is 2. The lowest BCUT2D eigenvalue weighted by atomic mass is 10.3. The van der Waals surface area contributed by atoms with E-state index in [1.165, 1.54) is 0 Å². The van der Waals surface area contributed by atoms with Crippen LogP contribution in [0, 0.1) is 0 Å². The number of hydrogen-bond donors (Lipinski definition) is 0. The highest BCUT2D eigenvalue weighted by molar-refractivity contribution is 9.14. The molecule has 1 aromatic carbocycles. The molecule has 1 aromatic rings. The summed E-state index contributed by atoms with van der Waals surface area (Å²) in [5.41, 5.74) is 0. The van der Waals surface area contributed by atoms with Crippen LogP contribution in [0.2, 0.25) is 0 Å². The molecule has 1 nitrogen and oxygen atoms in total. The van der Waals surface area contributed by atoms with Gasteiger partial charge in [0.25, 0.3) is 0 Å². The molecule has 0 saturated carbocycles. The van der Waals surface area contributed by atoms with Crippen LogP contribution < -0.4 is 4.74 Å². The van der Waals surface area contributed by atoms with Gasteiger partial charge in [-0.25, -0.2) is 0 Å². The van der Waals surface area contributed by atoms with Gasteiger partial charge in [0.15, 0.2) is 0 Å². The average Bonchev–Trinajstić information content (AvgIpc) is 2.18. The number of rotatable bonds is 4. The van der Waals surface area contributed by atoms with Crippen LogP contribution in [0.15, 0.2) is 25.6 Å². The highest BCUT2D eigenvalue weighted by atomic mass is 79.9. The smallest absolute Gasteiger partial charge is 0.134 e. The third-order valence-corrected chi connectivity index (χ3v) is 5.37. The minimum absolute atomic E-state index is 0.386. The summed E-state index contributed by atoms with van der Waals surface area (Å²) >= 11 is 21.4. The first-order chi connectivity index (χ1) is 7.02. The summed E-state index contributed by atoms with van der Waals surface area (Å²) in [5, 5.41) is 0. The molecule has 0 saturated heterocycles. The van der Waals surface area contributed by atoms with Gasteiger partial charge in [-0.2, -0.15) is 0 Å². The Balaban J connectivity index is 2.66. The minimum Gasteiger partial charge on any atom is -0.492 e. The van der Waals surface area contributed by atoms with Crippen molar-refractivity contribution < 1.29 is 4.74 Å². The molecule has 0 N–H and O–H groups in total. The van der Waals surface area contributed by atoms with Gasteiger partial charge in [0.1, 0.15) is 10.6 Å². The summed E-state index contributed by atoms with van der Waals surface area (Å²) in [4.78, 5) is -0.386. The monoisotopic (exact) mass is 438 g/mol. The van der Waals surface area contributed by atoms with Crippen molar-refractivity contribution in [2.45, 2.75) is 11.3 Å². The topological polar surface area (TPSA) is 9.23 Å². The van der Waals surface area contributed by atoms with Gasteiger partial charge in [0.2, 0.25) is 0 Å². The Bertz CT molecular complexity index is 344. The molecule has 0 unspecified atom stereocenters. The van der Waals surface area contributed by atoms with Crippen LogP contribution in [-0.4, -0.2) is 11.4 Å². The van der Waals surface area contributed by atoms with Crippen LogP contribution >= 0.6 is 71.0 Å². The Morgan fingerprint density at radius 2 is 1.80 bits per heavy atom. The molecule has 15 heavy (non-hydrogen) atoms. The Morgan fingerprint density at radius 1 is 1.13 bits per heavy atom. The van der Waals surface area contributed by atoms with Crippen molar-refractivity contribution in [1.82, 2.24) is 0 Å². The molecule has 0 aliphatic rings. The summed E-state index contributed by atoms with van der Waals surface area (Å²) in [5.74, 6) is 0.763. The Kier molecular flexibility index (Phi) is 6.30. The van der Waals surface area contributed by atoms with E-state index < -0.39 is 0 Å². The molecule has 0 aliphatic carbocycles. The molecule has 0 fully saturated rings. The van der Waals surface area contributed by atoms with Crippen molar-refractivity contribution in [3.63, 3.8) is 0 Å². The molecule has 0 atom stereocenters. The van der Waals surface area contributed by atoms with E-state index in [0.717, 1.165) is 19.2 Å². The first-order valence-corrected chi connectivity index (χ1v) is 7.32. The first kappa shape index (κ1) is 14.1. The molecule has 0 aliphatic heterocycles. The van der Waals surface area contributed by atoms with Crippen molar-refractivity contribution in [2.75, 3.05) is 6.61 Å². The summed E-state index contributed by atoms with van der Waals surface area (Å²) in [6, 6.07) is 3.78. The van der Waals surface area contributed by atoms with Gasteiger partial charge in [-0.15, -0.1) is 23.2 Å². The summed E-state index contributed by atoms with van der Waals surface area (Å²) in [6.07, 6.45) is 0.600. The predicted molar refractivity (Wildman–Crippen MR) is 75.1 cm³/mol. The van der Waals surface area contributed by atoms with E-state index in [-0.39, 0.29) is 4.84 Å². The highest BCUT2D eigenvalue weighted by Crippen LogP contribution is 2.37. The molecule has 1 rings (SSSR count). The number of benzene rings is 1. The maximum absolute atomic E-state index is 5.60. The van der Waals surface area contributed by atoms with Crippen molar-refractivity contribution in [3.05, 3.63) is 25.6 Å².